The van der Waals surface area contributed by atoms with Gasteiger partial charge in [-0.1, -0.05) is 0 Å². The Hall–Kier alpha value is -1.05. The van der Waals surface area contributed by atoms with E-state index in [4.69, 9.17) is 4.74 Å². The van der Waals surface area contributed by atoms with Gasteiger partial charge >= 0.3 is 0 Å². The number of hydrogen-bond donors (Lipinski definition) is 1. The fourth-order valence-electron chi connectivity index (χ4n) is 1.62. The first-order valence-electron chi connectivity index (χ1n) is 5.75. The van der Waals surface area contributed by atoms with Crippen molar-refractivity contribution < 1.29 is 9.53 Å². The van der Waals surface area contributed by atoms with Crippen LogP contribution in [0.2, 0.25) is 0 Å². The maximum Gasteiger partial charge on any atom is 0.239 e. The maximum absolute atomic E-state index is 11.9. The van der Waals surface area contributed by atoms with Crippen LogP contribution in [-0.2, 0) is 9.53 Å². The van der Waals surface area contributed by atoms with E-state index < -0.39 is 0 Å². The molecule has 1 atom stereocenters. The van der Waals surface area contributed by atoms with Crippen LogP contribution in [0.5, 0.6) is 0 Å². The molecule has 1 fully saturated rings. The standard InChI is InChI=1S/C12H20N2O2/c1-3-4-5-6-13-11(2)12(15)14-7-9-16-10-8-14/h11,13H,5-10H2,1-2H3. The van der Waals surface area contributed by atoms with Gasteiger partial charge in [0.25, 0.3) is 0 Å². The van der Waals surface area contributed by atoms with E-state index in [0.717, 1.165) is 13.0 Å². The van der Waals surface area contributed by atoms with E-state index >= 15 is 0 Å². The number of nitrogens with one attached hydrogen (secondary N) is 1. The van der Waals surface area contributed by atoms with Crippen molar-refractivity contribution in [3.63, 3.8) is 0 Å². The predicted molar refractivity (Wildman–Crippen MR) is 62.9 cm³/mol. The maximum atomic E-state index is 11.9. The Morgan fingerprint density at radius 1 is 1.50 bits per heavy atom. The monoisotopic (exact) mass is 224 g/mol. The van der Waals surface area contributed by atoms with E-state index in [-0.39, 0.29) is 11.9 Å². The lowest BCUT2D eigenvalue weighted by atomic mass is 10.2. The Balaban J connectivity index is 2.25. The van der Waals surface area contributed by atoms with Crippen molar-refractivity contribution in [2.45, 2.75) is 26.3 Å². The van der Waals surface area contributed by atoms with Crippen LogP contribution >= 0.6 is 0 Å². The molecule has 0 saturated carbocycles. The third-order valence-corrected chi connectivity index (χ3v) is 2.57. The largest absolute Gasteiger partial charge is 0.378 e. The normalized spacial score (nSPS) is 17.5. The molecule has 4 heteroatoms. The molecular formula is C12H20N2O2. The molecule has 1 heterocycles. The lowest BCUT2D eigenvalue weighted by Crippen LogP contribution is -2.49. The van der Waals surface area contributed by atoms with Crippen molar-refractivity contribution in [2.75, 3.05) is 32.8 Å². The van der Waals surface area contributed by atoms with Crippen molar-refractivity contribution in [1.82, 2.24) is 10.2 Å². The van der Waals surface area contributed by atoms with Gasteiger partial charge in [-0.2, -0.15) is 0 Å². The van der Waals surface area contributed by atoms with E-state index in [1.807, 2.05) is 18.7 Å². The van der Waals surface area contributed by atoms with E-state index in [2.05, 4.69) is 17.2 Å². The molecule has 0 aromatic heterocycles. The van der Waals surface area contributed by atoms with Crippen LogP contribution in [0.25, 0.3) is 0 Å². The van der Waals surface area contributed by atoms with Crippen molar-refractivity contribution in [1.29, 1.82) is 0 Å². The second-order valence-electron chi connectivity index (χ2n) is 3.79. The summed E-state index contributed by atoms with van der Waals surface area (Å²) in [5.41, 5.74) is 0. The van der Waals surface area contributed by atoms with Crippen molar-refractivity contribution in [3.8, 4) is 11.8 Å². The second kappa shape index (κ2) is 7.26. The van der Waals surface area contributed by atoms with Gasteiger partial charge in [0.2, 0.25) is 5.91 Å². The first-order valence-corrected chi connectivity index (χ1v) is 5.75. The highest BCUT2D eigenvalue weighted by molar-refractivity contribution is 5.81. The molecule has 0 aromatic rings. The summed E-state index contributed by atoms with van der Waals surface area (Å²) in [7, 11) is 0. The van der Waals surface area contributed by atoms with Gasteiger partial charge in [-0.15, -0.1) is 11.8 Å². The molecule has 1 rings (SSSR count). The van der Waals surface area contributed by atoms with Crippen molar-refractivity contribution >= 4 is 5.91 Å². The Morgan fingerprint density at radius 2 is 2.19 bits per heavy atom. The lowest BCUT2D eigenvalue weighted by Gasteiger charge is -2.29. The molecule has 16 heavy (non-hydrogen) atoms. The highest BCUT2D eigenvalue weighted by Crippen LogP contribution is 2.00. The van der Waals surface area contributed by atoms with Crippen LogP contribution in [0.4, 0.5) is 0 Å². The molecule has 1 amide bonds. The van der Waals surface area contributed by atoms with Gasteiger partial charge < -0.3 is 15.0 Å². The minimum absolute atomic E-state index is 0.128. The van der Waals surface area contributed by atoms with Crippen LogP contribution in [0.3, 0.4) is 0 Å². The molecule has 1 N–H and O–H groups in total. The van der Waals surface area contributed by atoms with Gasteiger partial charge in [0.15, 0.2) is 0 Å². The van der Waals surface area contributed by atoms with Gasteiger partial charge in [0, 0.05) is 26.1 Å². The summed E-state index contributed by atoms with van der Waals surface area (Å²) in [4.78, 5) is 13.8. The molecule has 90 valence electrons. The first-order chi connectivity index (χ1) is 7.75. The SMILES string of the molecule is CC#CCCNC(C)C(=O)N1CCOCC1. The van der Waals surface area contributed by atoms with Crippen molar-refractivity contribution in [3.05, 3.63) is 0 Å². The van der Waals surface area contributed by atoms with E-state index in [9.17, 15) is 4.79 Å². The van der Waals surface area contributed by atoms with Crippen LogP contribution in [0.1, 0.15) is 20.3 Å². The Kier molecular flexibility index (Phi) is 5.91. The molecule has 0 aliphatic carbocycles. The first kappa shape index (κ1) is 13.0. The quantitative estimate of drug-likeness (QED) is 0.549. The third kappa shape index (κ3) is 4.21. The van der Waals surface area contributed by atoms with Crippen LogP contribution < -0.4 is 5.32 Å². The fraction of sp³-hybridized carbons (Fsp3) is 0.750. The number of rotatable bonds is 4. The second-order valence-corrected chi connectivity index (χ2v) is 3.79. The molecule has 1 unspecified atom stereocenters. The smallest absolute Gasteiger partial charge is 0.239 e. The molecule has 0 bridgehead atoms. The van der Waals surface area contributed by atoms with E-state index in [1.54, 1.807) is 0 Å². The van der Waals surface area contributed by atoms with Crippen LogP contribution in [-0.4, -0.2) is 49.7 Å². The molecule has 4 nitrogen and oxygen atoms in total. The average Bonchev–Trinajstić information content (AvgIpc) is 2.34. The number of carbonyl (C=O) groups is 1. The minimum atomic E-state index is -0.128. The fourth-order valence-corrected chi connectivity index (χ4v) is 1.62. The number of amides is 1. The van der Waals surface area contributed by atoms with Gasteiger partial charge in [-0.3, -0.25) is 4.79 Å². The summed E-state index contributed by atoms with van der Waals surface area (Å²) in [6.07, 6.45) is 0.789. The predicted octanol–water partition coefficient (Wildman–Crippen LogP) is 0.237. The number of carbonyl (C=O) groups excluding carboxylic acids is 1. The highest BCUT2D eigenvalue weighted by Gasteiger charge is 2.21. The third-order valence-electron chi connectivity index (χ3n) is 2.57. The number of hydrogen-bond acceptors (Lipinski definition) is 3. The number of morpholine rings is 1. The summed E-state index contributed by atoms with van der Waals surface area (Å²) >= 11 is 0. The molecule has 1 aliphatic rings. The van der Waals surface area contributed by atoms with E-state index in [0.29, 0.717) is 26.3 Å². The Bertz CT molecular complexity index is 274. The molecule has 1 aliphatic heterocycles. The average molecular weight is 224 g/mol. The number of nitrogens with zero attached hydrogens (tertiary/aromatic N) is 1. The summed E-state index contributed by atoms with van der Waals surface area (Å²) < 4.78 is 5.21. The van der Waals surface area contributed by atoms with Crippen LogP contribution in [0, 0.1) is 11.8 Å². The van der Waals surface area contributed by atoms with Crippen molar-refractivity contribution in [2.24, 2.45) is 0 Å². The molecular weight excluding hydrogens is 204 g/mol. The summed E-state index contributed by atoms with van der Waals surface area (Å²) in [6.45, 7) is 7.20. The molecule has 1 saturated heterocycles. The molecule has 0 spiro atoms. The molecule has 0 radical (unpaired) electrons. The zero-order chi connectivity index (χ0) is 11.8. The minimum Gasteiger partial charge on any atom is -0.378 e. The number of ether oxygens (including phenoxy) is 1. The van der Waals surface area contributed by atoms with Gasteiger partial charge in [0.05, 0.1) is 19.3 Å². The Labute approximate surface area is 97.3 Å². The Morgan fingerprint density at radius 3 is 2.81 bits per heavy atom. The van der Waals surface area contributed by atoms with Crippen LogP contribution in [0.15, 0.2) is 0 Å². The zero-order valence-electron chi connectivity index (χ0n) is 10.1. The summed E-state index contributed by atoms with van der Waals surface area (Å²) in [5.74, 6) is 5.96. The van der Waals surface area contributed by atoms with E-state index in [1.165, 1.54) is 0 Å². The lowest BCUT2D eigenvalue weighted by molar-refractivity contribution is -0.137. The summed E-state index contributed by atoms with van der Waals surface area (Å²) in [6, 6.07) is -0.128. The van der Waals surface area contributed by atoms with Gasteiger partial charge in [0.1, 0.15) is 0 Å². The zero-order valence-corrected chi connectivity index (χ0v) is 10.1. The van der Waals surface area contributed by atoms with Gasteiger partial charge in [-0.25, -0.2) is 0 Å². The molecule has 0 aromatic carbocycles. The van der Waals surface area contributed by atoms with Gasteiger partial charge in [-0.05, 0) is 13.8 Å². The topological polar surface area (TPSA) is 41.6 Å². The highest BCUT2D eigenvalue weighted by atomic mass is 16.5. The summed E-state index contributed by atoms with van der Waals surface area (Å²) in [5, 5.41) is 3.18.